The molecule has 7 heteroatoms. The maximum absolute atomic E-state index is 4.49. The zero-order chi connectivity index (χ0) is 14.8. The molecule has 0 atom stereocenters. The van der Waals surface area contributed by atoms with Crippen LogP contribution in [0.15, 0.2) is 23.7 Å². The summed E-state index contributed by atoms with van der Waals surface area (Å²) < 4.78 is 3.86. The third-order valence-electron chi connectivity index (χ3n) is 3.32. The minimum Gasteiger partial charge on any atom is -0.338 e. The molecular formula is C14H18N6S. The minimum absolute atomic E-state index is 0.682. The molecule has 0 fully saturated rings. The summed E-state index contributed by atoms with van der Waals surface area (Å²) in [5, 5.41) is 5.29. The molecule has 6 nitrogen and oxygen atoms in total. The van der Waals surface area contributed by atoms with Crippen LogP contribution >= 0.6 is 11.8 Å². The van der Waals surface area contributed by atoms with Crippen molar-refractivity contribution in [2.45, 2.75) is 31.8 Å². The van der Waals surface area contributed by atoms with Crippen LogP contribution in [0.2, 0.25) is 0 Å². The first-order valence-electron chi connectivity index (χ1n) is 6.92. The van der Waals surface area contributed by atoms with E-state index in [9.17, 15) is 0 Å². The van der Waals surface area contributed by atoms with Gasteiger partial charge in [0.05, 0.1) is 6.33 Å². The normalized spacial score (nSPS) is 11.4. The van der Waals surface area contributed by atoms with E-state index < -0.39 is 0 Å². The van der Waals surface area contributed by atoms with Crippen LogP contribution in [0.4, 0.5) is 0 Å². The van der Waals surface area contributed by atoms with Gasteiger partial charge in [-0.2, -0.15) is 4.98 Å². The highest BCUT2D eigenvalue weighted by molar-refractivity contribution is 7.99. The zero-order valence-corrected chi connectivity index (χ0v) is 13.3. The summed E-state index contributed by atoms with van der Waals surface area (Å²) in [6.07, 6.45) is 5.85. The van der Waals surface area contributed by atoms with Crippen LogP contribution in [0.3, 0.4) is 0 Å². The Kier molecular flexibility index (Phi) is 3.92. The van der Waals surface area contributed by atoms with Gasteiger partial charge >= 0.3 is 0 Å². The average molecular weight is 302 g/mol. The molecule has 0 radical (unpaired) electrons. The van der Waals surface area contributed by atoms with Gasteiger partial charge in [-0.15, -0.1) is 5.10 Å². The fourth-order valence-electron chi connectivity index (χ4n) is 2.25. The smallest absolute Gasteiger partial charge is 0.253 e. The molecule has 0 saturated carbocycles. The topological polar surface area (TPSA) is 60.9 Å². The monoisotopic (exact) mass is 302 g/mol. The Bertz CT molecular complexity index is 760. The lowest BCUT2D eigenvalue weighted by Gasteiger charge is -2.00. The fraction of sp³-hybridized carbons (Fsp3) is 0.429. The molecule has 0 spiro atoms. The van der Waals surface area contributed by atoms with Crippen molar-refractivity contribution in [3.63, 3.8) is 0 Å². The number of rotatable bonds is 5. The van der Waals surface area contributed by atoms with Gasteiger partial charge in [0.1, 0.15) is 0 Å². The van der Waals surface area contributed by atoms with Crippen LogP contribution in [0.25, 0.3) is 5.78 Å². The number of aryl methyl sites for hydroxylation is 4. The molecule has 0 bridgehead atoms. The van der Waals surface area contributed by atoms with Crippen molar-refractivity contribution in [2.75, 3.05) is 5.75 Å². The number of nitrogens with zero attached hydrogens (tertiary/aromatic N) is 6. The number of hydrogen-bond donors (Lipinski definition) is 0. The molecule has 0 aliphatic heterocycles. The van der Waals surface area contributed by atoms with E-state index in [1.165, 1.54) is 5.69 Å². The van der Waals surface area contributed by atoms with Crippen molar-refractivity contribution < 1.29 is 0 Å². The molecule has 110 valence electrons. The van der Waals surface area contributed by atoms with Crippen molar-refractivity contribution in [1.82, 2.24) is 29.1 Å². The Morgan fingerprint density at radius 2 is 2.10 bits per heavy atom. The second-order valence-electron chi connectivity index (χ2n) is 5.09. The van der Waals surface area contributed by atoms with Crippen LogP contribution in [0.5, 0.6) is 0 Å². The summed E-state index contributed by atoms with van der Waals surface area (Å²) in [5.74, 6) is 1.67. The summed E-state index contributed by atoms with van der Waals surface area (Å²) >= 11 is 1.68. The lowest BCUT2D eigenvalue weighted by Crippen LogP contribution is -1.97. The molecule has 3 aromatic rings. The number of hydrogen-bond acceptors (Lipinski definition) is 5. The lowest BCUT2D eigenvalue weighted by molar-refractivity contribution is 0.788. The maximum Gasteiger partial charge on any atom is 0.253 e. The average Bonchev–Trinajstić information content (AvgIpc) is 3.01. The van der Waals surface area contributed by atoms with Crippen LogP contribution in [0.1, 0.15) is 23.5 Å². The molecule has 3 heterocycles. The molecule has 0 N–H and O–H groups in total. The molecule has 3 aromatic heterocycles. The van der Waals surface area contributed by atoms with E-state index in [0.29, 0.717) is 5.78 Å². The summed E-state index contributed by atoms with van der Waals surface area (Å²) in [6.45, 7) is 4.00. The molecule has 21 heavy (non-hydrogen) atoms. The number of thioether (sulfide) groups is 1. The Morgan fingerprint density at radius 3 is 2.86 bits per heavy atom. The number of imidazole rings is 1. The summed E-state index contributed by atoms with van der Waals surface area (Å²) in [6, 6.07) is 2.01. The standard InChI is InChI=1S/C14H18N6S/c1-10-7-11(2)20-13(16-10)17-14(18-20)21-6-4-5-12-8-15-9-19(12)3/h7-9H,4-6H2,1-3H3. The highest BCUT2D eigenvalue weighted by Crippen LogP contribution is 2.17. The van der Waals surface area contributed by atoms with Gasteiger partial charge in [0.15, 0.2) is 0 Å². The number of fused-ring (bicyclic) bond motifs is 1. The van der Waals surface area contributed by atoms with Gasteiger partial charge in [-0.25, -0.2) is 14.5 Å². The maximum atomic E-state index is 4.49. The van der Waals surface area contributed by atoms with Gasteiger partial charge in [0.2, 0.25) is 5.16 Å². The second kappa shape index (κ2) is 5.85. The van der Waals surface area contributed by atoms with Crippen molar-refractivity contribution in [2.24, 2.45) is 7.05 Å². The van der Waals surface area contributed by atoms with E-state index in [2.05, 4.69) is 24.6 Å². The molecule has 0 saturated heterocycles. The van der Waals surface area contributed by atoms with Crippen LogP contribution < -0.4 is 0 Å². The Balaban J connectivity index is 1.61. The van der Waals surface area contributed by atoms with E-state index in [1.54, 1.807) is 16.3 Å². The van der Waals surface area contributed by atoms with E-state index >= 15 is 0 Å². The summed E-state index contributed by atoms with van der Waals surface area (Å²) in [7, 11) is 2.02. The Labute approximate surface area is 127 Å². The molecular weight excluding hydrogens is 284 g/mol. The fourth-order valence-corrected chi connectivity index (χ4v) is 3.01. The van der Waals surface area contributed by atoms with Gasteiger partial charge in [-0.3, -0.25) is 0 Å². The van der Waals surface area contributed by atoms with Gasteiger partial charge in [-0.1, -0.05) is 11.8 Å². The Morgan fingerprint density at radius 1 is 1.24 bits per heavy atom. The van der Waals surface area contributed by atoms with Crippen LogP contribution in [-0.4, -0.2) is 34.9 Å². The quantitative estimate of drug-likeness (QED) is 0.534. The van der Waals surface area contributed by atoms with E-state index in [-0.39, 0.29) is 0 Å². The third kappa shape index (κ3) is 3.07. The van der Waals surface area contributed by atoms with E-state index in [4.69, 9.17) is 0 Å². The van der Waals surface area contributed by atoms with Crippen molar-refractivity contribution >= 4 is 17.5 Å². The first-order valence-corrected chi connectivity index (χ1v) is 7.91. The Hall–Kier alpha value is -1.89. The van der Waals surface area contributed by atoms with E-state index in [1.807, 2.05) is 39.5 Å². The lowest BCUT2D eigenvalue weighted by atomic mass is 10.3. The van der Waals surface area contributed by atoms with Crippen molar-refractivity contribution in [3.8, 4) is 0 Å². The third-order valence-corrected chi connectivity index (χ3v) is 4.25. The van der Waals surface area contributed by atoms with Gasteiger partial charge < -0.3 is 4.57 Å². The predicted octanol–water partition coefficient (Wildman–Crippen LogP) is 2.20. The highest BCUT2D eigenvalue weighted by atomic mass is 32.2. The summed E-state index contributed by atoms with van der Waals surface area (Å²) in [5.41, 5.74) is 3.29. The summed E-state index contributed by atoms with van der Waals surface area (Å²) in [4.78, 5) is 13.0. The van der Waals surface area contributed by atoms with Gasteiger partial charge in [0, 0.05) is 36.1 Å². The molecule has 0 aromatic carbocycles. The largest absolute Gasteiger partial charge is 0.338 e. The van der Waals surface area contributed by atoms with Crippen molar-refractivity contribution in [3.05, 3.63) is 35.7 Å². The van der Waals surface area contributed by atoms with Gasteiger partial charge in [0.25, 0.3) is 5.78 Å². The first-order chi connectivity index (χ1) is 10.1. The predicted molar refractivity (Wildman–Crippen MR) is 82.5 cm³/mol. The van der Waals surface area contributed by atoms with Crippen LogP contribution in [-0.2, 0) is 13.5 Å². The molecule has 0 amide bonds. The zero-order valence-electron chi connectivity index (χ0n) is 12.4. The van der Waals surface area contributed by atoms with Crippen LogP contribution in [0, 0.1) is 13.8 Å². The SMILES string of the molecule is Cc1cc(C)n2nc(SCCCc3cncn3C)nc2n1. The highest BCUT2D eigenvalue weighted by Gasteiger charge is 2.08. The minimum atomic E-state index is 0.682. The van der Waals surface area contributed by atoms with Gasteiger partial charge in [-0.05, 0) is 32.8 Å². The molecule has 0 aliphatic carbocycles. The first kappa shape index (κ1) is 14.1. The molecule has 0 aliphatic rings. The number of aromatic nitrogens is 6. The van der Waals surface area contributed by atoms with Crippen molar-refractivity contribution in [1.29, 1.82) is 0 Å². The van der Waals surface area contributed by atoms with E-state index in [0.717, 1.165) is 35.1 Å². The molecule has 3 rings (SSSR count). The second-order valence-corrected chi connectivity index (χ2v) is 6.16. The molecule has 0 unspecified atom stereocenters.